The van der Waals surface area contributed by atoms with Gasteiger partial charge in [-0.15, -0.1) is 0 Å². The third kappa shape index (κ3) is 1.47. The fourth-order valence-corrected chi connectivity index (χ4v) is 6.22. The van der Waals surface area contributed by atoms with Crippen LogP contribution in [0.5, 0.6) is 5.75 Å². The Hall–Kier alpha value is -1.02. The first-order valence-corrected chi connectivity index (χ1v) is 8.59. The number of aromatic hydroxyl groups is 1. The van der Waals surface area contributed by atoms with Crippen molar-refractivity contribution >= 4 is 0 Å². The van der Waals surface area contributed by atoms with Gasteiger partial charge in [0.05, 0.1) is 12.2 Å². The van der Waals surface area contributed by atoms with Crippen LogP contribution in [0.25, 0.3) is 0 Å². The molecule has 1 N–H and O–H groups in total. The van der Waals surface area contributed by atoms with Gasteiger partial charge in [-0.3, -0.25) is 0 Å². The second-order valence-electron chi connectivity index (χ2n) is 8.08. The Kier molecular flexibility index (Phi) is 2.29. The van der Waals surface area contributed by atoms with Crippen LogP contribution in [0.3, 0.4) is 0 Å². The minimum atomic E-state index is 0.262. The smallest absolute Gasteiger partial charge is 0.115 e. The summed E-state index contributed by atoms with van der Waals surface area (Å²) in [4.78, 5) is 0. The maximum atomic E-state index is 9.74. The summed E-state index contributed by atoms with van der Waals surface area (Å²) in [6.07, 6.45) is 7.73. The van der Waals surface area contributed by atoms with Crippen LogP contribution in [-0.4, -0.2) is 17.3 Å². The third-order valence-corrected chi connectivity index (χ3v) is 7.49. The number of aryl methyl sites for hydroxylation is 1. The van der Waals surface area contributed by atoms with E-state index in [0.717, 1.165) is 30.8 Å². The van der Waals surface area contributed by atoms with Gasteiger partial charge in [-0.2, -0.15) is 0 Å². The first-order valence-electron chi connectivity index (χ1n) is 8.59. The van der Waals surface area contributed by atoms with E-state index in [1.54, 1.807) is 0 Å². The standard InChI is InChI=1S/C19H24O2/c1-18-8-6-15-14-5-3-13(20)10-12(14)2-4-16(15)17(18)7-9-19(18)11-21-19/h3,5,10,15-17,20H,2,4,6-9,11H2,1H3/t15-,16-,17+,18+,19-/m1/s1. The zero-order chi connectivity index (χ0) is 14.2. The van der Waals surface area contributed by atoms with E-state index in [0.29, 0.717) is 11.2 Å². The Bertz CT molecular complexity index is 604. The van der Waals surface area contributed by atoms with Crippen LogP contribution in [0.4, 0.5) is 0 Å². The number of ether oxygens (including phenoxy) is 1. The molecule has 2 nitrogen and oxygen atoms in total. The van der Waals surface area contributed by atoms with E-state index in [2.05, 4.69) is 13.0 Å². The average Bonchev–Trinajstić information content (AvgIpc) is 3.20. The van der Waals surface area contributed by atoms with Gasteiger partial charge in [0, 0.05) is 5.41 Å². The normalized spacial score (nSPS) is 46.8. The molecule has 112 valence electrons. The van der Waals surface area contributed by atoms with Gasteiger partial charge in [0.15, 0.2) is 0 Å². The second kappa shape index (κ2) is 3.84. The molecule has 1 saturated heterocycles. The Morgan fingerprint density at radius 3 is 2.86 bits per heavy atom. The van der Waals surface area contributed by atoms with Crippen LogP contribution in [0, 0.1) is 17.3 Å². The number of benzene rings is 1. The van der Waals surface area contributed by atoms with Crippen LogP contribution in [0.15, 0.2) is 18.2 Å². The molecule has 2 heteroatoms. The summed E-state index contributed by atoms with van der Waals surface area (Å²) >= 11 is 0. The van der Waals surface area contributed by atoms with Crippen molar-refractivity contribution in [3.05, 3.63) is 29.3 Å². The van der Waals surface area contributed by atoms with Crippen LogP contribution in [0.2, 0.25) is 0 Å². The van der Waals surface area contributed by atoms with E-state index in [1.165, 1.54) is 43.2 Å². The molecule has 0 amide bonds. The maximum Gasteiger partial charge on any atom is 0.115 e. The molecule has 5 atom stereocenters. The summed E-state index contributed by atoms with van der Waals surface area (Å²) in [5.41, 5.74) is 3.62. The second-order valence-corrected chi connectivity index (χ2v) is 8.08. The van der Waals surface area contributed by atoms with E-state index in [4.69, 9.17) is 4.74 Å². The fourth-order valence-electron chi connectivity index (χ4n) is 6.22. The minimum absolute atomic E-state index is 0.262. The molecule has 0 aromatic heterocycles. The summed E-state index contributed by atoms with van der Waals surface area (Å²) in [5, 5.41) is 9.74. The van der Waals surface area contributed by atoms with E-state index < -0.39 is 0 Å². The zero-order valence-electron chi connectivity index (χ0n) is 12.8. The van der Waals surface area contributed by atoms with Crippen molar-refractivity contribution in [2.24, 2.45) is 17.3 Å². The number of rotatable bonds is 0. The average molecular weight is 284 g/mol. The summed E-state index contributed by atoms with van der Waals surface area (Å²) in [7, 11) is 0. The van der Waals surface area contributed by atoms with E-state index >= 15 is 0 Å². The van der Waals surface area contributed by atoms with Gasteiger partial charge in [-0.05, 0) is 79.5 Å². The van der Waals surface area contributed by atoms with Crippen LogP contribution < -0.4 is 0 Å². The molecule has 1 aliphatic heterocycles. The summed E-state index contributed by atoms with van der Waals surface area (Å²) in [6.45, 7) is 3.53. The fraction of sp³-hybridized carbons (Fsp3) is 0.684. The molecule has 1 heterocycles. The first-order chi connectivity index (χ1) is 10.1. The molecule has 2 saturated carbocycles. The van der Waals surface area contributed by atoms with Crippen molar-refractivity contribution in [3.8, 4) is 5.75 Å². The quantitative estimate of drug-likeness (QED) is 0.730. The van der Waals surface area contributed by atoms with Gasteiger partial charge < -0.3 is 9.84 Å². The topological polar surface area (TPSA) is 32.8 Å². The maximum absolute atomic E-state index is 9.74. The molecule has 0 bridgehead atoms. The number of hydrogen-bond acceptors (Lipinski definition) is 2. The molecule has 1 aromatic rings. The van der Waals surface area contributed by atoms with E-state index in [1.807, 2.05) is 12.1 Å². The lowest BCUT2D eigenvalue weighted by molar-refractivity contribution is 0.0121. The first kappa shape index (κ1) is 12.5. The van der Waals surface area contributed by atoms with Gasteiger partial charge in [-0.1, -0.05) is 13.0 Å². The number of fused-ring (bicyclic) bond motifs is 6. The van der Waals surface area contributed by atoms with Crippen LogP contribution >= 0.6 is 0 Å². The third-order valence-electron chi connectivity index (χ3n) is 7.49. The highest BCUT2D eigenvalue weighted by atomic mass is 16.6. The van der Waals surface area contributed by atoms with Crippen LogP contribution in [0.1, 0.15) is 56.1 Å². The highest BCUT2D eigenvalue weighted by Gasteiger charge is 2.68. The van der Waals surface area contributed by atoms with Crippen molar-refractivity contribution in [2.75, 3.05) is 6.61 Å². The van der Waals surface area contributed by atoms with Crippen LogP contribution in [-0.2, 0) is 11.2 Å². The number of epoxide rings is 1. The zero-order valence-corrected chi connectivity index (χ0v) is 12.8. The number of phenolic OH excluding ortho intramolecular Hbond substituents is 1. The molecule has 1 aromatic carbocycles. The Balaban J connectivity index is 1.54. The number of hydrogen-bond donors (Lipinski definition) is 1. The Labute approximate surface area is 126 Å². The molecule has 3 aliphatic carbocycles. The SMILES string of the molecule is C[C@]12CC[C@@H]3c4ccc(O)cc4CC[C@H]3[C@@H]1CC[C@@]21CO1. The molecule has 0 unspecified atom stereocenters. The van der Waals surface area contributed by atoms with Gasteiger partial charge in [0.25, 0.3) is 0 Å². The molecule has 5 rings (SSSR count). The molecular weight excluding hydrogens is 260 g/mol. The lowest BCUT2D eigenvalue weighted by Crippen LogP contribution is -2.45. The predicted octanol–water partition coefficient (Wildman–Crippen LogP) is 4.02. The molecule has 3 fully saturated rings. The minimum Gasteiger partial charge on any atom is -0.508 e. The highest BCUT2D eigenvalue weighted by Crippen LogP contribution is 2.68. The van der Waals surface area contributed by atoms with Gasteiger partial charge >= 0.3 is 0 Å². The molecule has 0 radical (unpaired) electrons. The van der Waals surface area contributed by atoms with Crippen molar-refractivity contribution < 1.29 is 9.84 Å². The highest BCUT2D eigenvalue weighted by molar-refractivity contribution is 5.40. The van der Waals surface area contributed by atoms with Crippen molar-refractivity contribution in [1.82, 2.24) is 0 Å². The van der Waals surface area contributed by atoms with Crippen molar-refractivity contribution in [3.63, 3.8) is 0 Å². The van der Waals surface area contributed by atoms with Gasteiger partial charge in [0.2, 0.25) is 0 Å². The number of phenols is 1. The van der Waals surface area contributed by atoms with Gasteiger partial charge in [-0.25, -0.2) is 0 Å². The predicted molar refractivity (Wildman–Crippen MR) is 81.4 cm³/mol. The largest absolute Gasteiger partial charge is 0.508 e. The Morgan fingerprint density at radius 1 is 1.19 bits per heavy atom. The lowest BCUT2D eigenvalue weighted by atomic mass is 9.54. The van der Waals surface area contributed by atoms with E-state index in [-0.39, 0.29) is 5.60 Å². The van der Waals surface area contributed by atoms with Crippen molar-refractivity contribution in [2.45, 2.75) is 57.0 Å². The van der Waals surface area contributed by atoms with E-state index in [9.17, 15) is 5.11 Å². The van der Waals surface area contributed by atoms with Crippen molar-refractivity contribution in [1.29, 1.82) is 0 Å². The molecular formula is C19H24O2. The Morgan fingerprint density at radius 2 is 2.05 bits per heavy atom. The molecule has 1 spiro atoms. The summed E-state index contributed by atoms with van der Waals surface area (Å²) in [6, 6.07) is 6.08. The molecule has 4 aliphatic rings. The van der Waals surface area contributed by atoms with Gasteiger partial charge in [0.1, 0.15) is 5.75 Å². The summed E-state index contributed by atoms with van der Waals surface area (Å²) in [5.74, 6) is 2.84. The lowest BCUT2D eigenvalue weighted by Gasteiger charge is -2.50. The molecule has 21 heavy (non-hydrogen) atoms. The summed E-state index contributed by atoms with van der Waals surface area (Å²) < 4.78 is 5.96. The monoisotopic (exact) mass is 284 g/mol.